The van der Waals surface area contributed by atoms with Gasteiger partial charge in [0.25, 0.3) is 0 Å². The van der Waals surface area contributed by atoms with Crippen LogP contribution in [-0.2, 0) is 20.6 Å². The molecule has 0 radical (unpaired) electrons. The second kappa shape index (κ2) is 5.07. The maximum atomic E-state index is 5.00. The van der Waals surface area contributed by atoms with Crippen LogP contribution >= 0.6 is 0 Å². The van der Waals surface area contributed by atoms with Crippen molar-refractivity contribution in [2.24, 2.45) is 0 Å². The van der Waals surface area contributed by atoms with Gasteiger partial charge in [-0.15, -0.1) is 0 Å². The fourth-order valence-electron chi connectivity index (χ4n) is 0.254. The zero-order valence-corrected chi connectivity index (χ0v) is 6.08. The Morgan fingerprint density at radius 3 is 2.88 bits per heavy atom. The van der Waals surface area contributed by atoms with Gasteiger partial charge in [-0.1, -0.05) is 0 Å². The third-order valence-electron chi connectivity index (χ3n) is 0.552. The molecular weight excluding hydrogens is 140 g/mol. The quantitative estimate of drug-likeness (QED) is 0.423. The van der Waals surface area contributed by atoms with E-state index in [1.54, 1.807) is 0 Å². The van der Waals surface area contributed by atoms with Crippen LogP contribution in [0.1, 0.15) is 13.3 Å². The van der Waals surface area contributed by atoms with Crippen LogP contribution in [0.3, 0.4) is 0 Å². The van der Waals surface area contributed by atoms with Crippen molar-refractivity contribution >= 4 is 4.57 Å². The normalized spacial score (nSPS) is 8.00. The summed E-state index contributed by atoms with van der Waals surface area (Å²) in [7, 11) is 0. The average Bonchev–Trinajstić information content (AvgIpc) is 1.66. The van der Waals surface area contributed by atoms with Gasteiger partial charge in [-0.25, -0.2) is 0 Å². The summed E-state index contributed by atoms with van der Waals surface area (Å²) >= 11 is 2.72. The molecule has 0 bridgehead atoms. The zero-order valence-electron chi connectivity index (χ0n) is 4.81. The van der Waals surface area contributed by atoms with Crippen molar-refractivity contribution in [1.29, 1.82) is 0 Å². The molecule has 0 unspecified atom stereocenters. The van der Waals surface area contributed by atoms with E-state index >= 15 is 0 Å². The molecule has 0 aromatic heterocycles. The van der Waals surface area contributed by atoms with E-state index in [9.17, 15) is 0 Å². The molecule has 0 aromatic rings. The molecule has 0 saturated carbocycles. The molecule has 0 aliphatic heterocycles. The summed E-state index contributed by atoms with van der Waals surface area (Å²) in [5.74, 6) is 2.47. The molecule has 2 heteroatoms. The summed E-state index contributed by atoms with van der Waals surface area (Å²) in [6, 6.07) is 0. The molecule has 0 amide bonds. The van der Waals surface area contributed by atoms with Crippen LogP contribution in [0.2, 0.25) is 0 Å². The second-order valence-electron chi connectivity index (χ2n) is 1.29. The van der Waals surface area contributed by atoms with E-state index in [1.165, 1.54) is 0 Å². The summed E-state index contributed by atoms with van der Waals surface area (Å²) in [6.45, 7) is 2.48. The summed E-state index contributed by atoms with van der Waals surface area (Å²) < 4.78 is 5.85. The van der Waals surface area contributed by atoms with Crippen molar-refractivity contribution in [2.75, 3.05) is 6.61 Å². The van der Waals surface area contributed by atoms with Crippen LogP contribution in [0.5, 0.6) is 0 Å². The average molecular weight is 148 g/mol. The Hall–Kier alpha value is -0.0775. The fraction of sp³-hybridized carbons (Fsp3) is 0.500. The number of hydrogen-bond acceptors (Lipinski definition) is 1. The van der Waals surface area contributed by atoms with Crippen LogP contribution in [0.25, 0.3) is 0 Å². The minimum atomic E-state index is 0.620. The maximum absolute atomic E-state index is 5.00. The Morgan fingerprint density at radius 1 is 1.88 bits per heavy atom. The summed E-state index contributed by atoms with van der Waals surface area (Å²) in [4.78, 5) is 0. The fourth-order valence-corrected chi connectivity index (χ4v) is 0.384. The first-order valence-electron chi connectivity index (χ1n) is 2.34. The Kier molecular flexibility index (Phi) is 5.02. The van der Waals surface area contributed by atoms with Crippen LogP contribution in [0.15, 0.2) is 0 Å². The van der Waals surface area contributed by atoms with E-state index in [-0.39, 0.29) is 0 Å². The molecule has 0 aliphatic carbocycles. The zero-order chi connectivity index (χ0) is 6.41. The Balaban J connectivity index is 2.97. The molecule has 0 spiro atoms. The van der Waals surface area contributed by atoms with Gasteiger partial charge in [-0.3, -0.25) is 0 Å². The van der Waals surface area contributed by atoms with Gasteiger partial charge in [0.2, 0.25) is 0 Å². The van der Waals surface area contributed by atoms with Crippen molar-refractivity contribution in [3.63, 3.8) is 0 Å². The van der Waals surface area contributed by atoms with Crippen LogP contribution in [0, 0.1) is 12.3 Å². The van der Waals surface area contributed by atoms with Gasteiger partial charge < -0.3 is 0 Å². The standard InChI is InChI=1S/C6H8O.Cr/c1-3-5-6-7-4-2;/h1H,5-6H2,2H3;. The van der Waals surface area contributed by atoms with E-state index < -0.39 is 0 Å². The van der Waals surface area contributed by atoms with Crippen molar-refractivity contribution in [3.8, 4) is 12.3 Å². The monoisotopic (exact) mass is 148 g/mol. The molecule has 0 atom stereocenters. The van der Waals surface area contributed by atoms with E-state index in [0.717, 1.165) is 4.57 Å². The van der Waals surface area contributed by atoms with Crippen molar-refractivity contribution in [2.45, 2.75) is 13.3 Å². The molecule has 0 saturated heterocycles. The number of ether oxygens (including phenoxy) is 1. The predicted octanol–water partition coefficient (Wildman–Crippen LogP) is 0.723. The first-order chi connectivity index (χ1) is 3.77. The third kappa shape index (κ3) is 5.92. The molecule has 44 valence electrons. The van der Waals surface area contributed by atoms with Gasteiger partial charge in [0.05, 0.1) is 0 Å². The Morgan fingerprint density at radius 2 is 2.50 bits per heavy atom. The molecule has 8 heavy (non-hydrogen) atoms. The number of rotatable bonds is 3. The predicted molar refractivity (Wildman–Crippen MR) is 30.1 cm³/mol. The van der Waals surface area contributed by atoms with Gasteiger partial charge in [-0.2, -0.15) is 0 Å². The molecule has 0 N–H and O–H groups in total. The van der Waals surface area contributed by atoms with Crippen LogP contribution in [0.4, 0.5) is 0 Å². The molecule has 0 heterocycles. The van der Waals surface area contributed by atoms with Gasteiger partial charge >= 0.3 is 57.4 Å². The van der Waals surface area contributed by atoms with Crippen LogP contribution < -0.4 is 0 Å². The molecule has 0 rings (SSSR count). The van der Waals surface area contributed by atoms with Gasteiger partial charge in [0.1, 0.15) is 0 Å². The molecular formula is C6H8CrO. The SMILES string of the molecule is C#CCCO[C](C)=[Cr]. The topological polar surface area (TPSA) is 9.23 Å². The molecule has 0 aromatic carbocycles. The van der Waals surface area contributed by atoms with Crippen molar-refractivity contribution in [1.82, 2.24) is 0 Å². The number of terminal acetylenes is 1. The first-order valence-corrected chi connectivity index (χ1v) is 2.98. The van der Waals surface area contributed by atoms with E-state index in [2.05, 4.69) is 21.8 Å². The van der Waals surface area contributed by atoms with E-state index in [0.29, 0.717) is 13.0 Å². The summed E-state index contributed by atoms with van der Waals surface area (Å²) in [6.07, 6.45) is 5.64. The third-order valence-corrected chi connectivity index (χ3v) is 0.736. The first kappa shape index (κ1) is 7.92. The summed E-state index contributed by atoms with van der Waals surface area (Å²) in [5, 5.41) is 0. The summed E-state index contributed by atoms with van der Waals surface area (Å²) in [5.41, 5.74) is 0. The van der Waals surface area contributed by atoms with Gasteiger partial charge in [0, 0.05) is 0 Å². The second-order valence-corrected chi connectivity index (χ2v) is 2.19. The Bertz CT molecular complexity index is 112. The molecule has 0 aliphatic rings. The van der Waals surface area contributed by atoms with Crippen molar-refractivity contribution < 1.29 is 20.6 Å². The van der Waals surface area contributed by atoms with Gasteiger partial charge in [0.15, 0.2) is 0 Å². The Labute approximate surface area is 58.0 Å². The van der Waals surface area contributed by atoms with E-state index in [4.69, 9.17) is 11.2 Å². The minimum absolute atomic E-state index is 0.620. The molecule has 0 fully saturated rings. The van der Waals surface area contributed by atoms with Crippen molar-refractivity contribution in [3.05, 3.63) is 0 Å². The number of hydrogen-bond donors (Lipinski definition) is 0. The van der Waals surface area contributed by atoms with Gasteiger partial charge in [-0.05, 0) is 0 Å². The van der Waals surface area contributed by atoms with E-state index in [1.807, 2.05) is 6.92 Å². The van der Waals surface area contributed by atoms with Crippen LogP contribution in [-0.4, -0.2) is 11.2 Å². The molecule has 1 nitrogen and oxygen atoms in total.